The average molecular weight is 491 g/mol. The zero-order chi connectivity index (χ0) is 25.1. The molecule has 3 aromatic rings. The van der Waals surface area contributed by atoms with Gasteiger partial charge in [-0.25, -0.2) is 4.98 Å². The fourth-order valence-corrected chi connectivity index (χ4v) is 5.05. The summed E-state index contributed by atoms with van der Waals surface area (Å²) in [5, 5.41) is 14.2. The molecule has 2 aliphatic rings. The molecular weight excluding hydrogens is 460 g/mol. The van der Waals surface area contributed by atoms with E-state index in [0.29, 0.717) is 11.2 Å². The van der Waals surface area contributed by atoms with Gasteiger partial charge in [0.1, 0.15) is 6.54 Å². The van der Waals surface area contributed by atoms with E-state index < -0.39 is 10.5 Å². The molecule has 10 nitrogen and oxygen atoms in total. The third kappa shape index (κ3) is 5.02. The van der Waals surface area contributed by atoms with E-state index in [1.807, 2.05) is 29.2 Å². The molecule has 1 amide bonds. The van der Waals surface area contributed by atoms with Crippen molar-refractivity contribution in [3.63, 3.8) is 0 Å². The van der Waals surface area contributed by atoms with Crippen molar-refractivity contribution in [2.75, 3.05) is 41.3 Å². The zero-order valence-corrected chi connectivity index (χ0v) is 20.2. The Labute approximate surface area is 208 Å². The molecule has 0 radical (unpaired) electrons. The van der Waals surface area contributed by atoms with Crippen LogP contribution in [0.15, 0.2) is 47.3 Å². The highest BCUT2D eigenvalue weighted by molar-refractivity contribution is 5.92. The summed E-state index contributed by atoms with van der Waals surface area (Å²) in [7, 11) is 0. The molecule has 0 unspecified atom stereocenters. The molecule has 36 heavy (non-hydrogen) atoms. The van der Waals surface area contributed by atoms with Crippen LogP contribution in [0.2, 0.25) is 0 Å². The highest BCUT2D eigenvalue weighted by atomic mass is 16.6. The lowest BCUT2D eigenvalue weighted by Gasteiger charge is -2.23. The molecule has 5 rings (SSSR count). The molecule has 3 heterocycles. The van der Waals surface area contributed by atoms with E-state index in [9.17, 15) is 19.7 Å². The van der Waals surface area contributed by atoms with Crippen molar-refractivity contribution in [3.8, 4) is 0 Å². The number of nitrogens with zero attached hydrogens (tertiary/aromatic N) is 5. The van der Waals surface area contributed by atoms with Gasteiger partial charge < -0.3 is 15.1 Å². The van der Waals surface area contributed by atoms with Gasteiger partial charge in [0.2, 0.25) is 5.91 Å². The fraction of sp³-hybridized carbons (Fsp3) is 0.423. The smallest absolute Gasteiger partial charge is 0.294 e. The highest BCUT2D eigenvalue weighted by Crippen LogP contribution is 2.24. The van der Waals surface area contributed by atoms with Gasteiger partial charge in [0.05, 0.1) is 16.0 Å². The first-order valence-electron chi connectivity index (χ1n) is 12.6. The summed E-state index contributed by atoms with van der Waals surface area (Å²) in [5.74, 6) is -0.102. The molecule has 0 saturated carbocycles. The average Bonchev–Trinajstić information content (AvgIpc) is 3.27. The molecule has 10 heteroatoms. The maximum absolute atomic E-state index is 13.4. The van der Waals surface area contributed by atoms with Crippen LogP contribution < -0.4 is 20.7 Å². The fourth-order valence-electron chi connectivity index (χ4n) is 5.05. The van der Waals surface area contributed by atoms with E-state index in [2.05, 4.69) is 15.2 Å². The van der Waals surface area contributed by atoms with Crippen molar-refractivity contribution < 1.29 is 9.72 Å². The Bertz CT molecular complexity index is 1320. The van der Waals surface area contributed by atoms with Crippen LogP contribution in [0.3, 0.4) is 0 Å². The van der Waals surface area contributed by atoms with E-state index in [4.69, 9.17) is 0 Å². The van der Waals surface area contributed by atoms with Crippen molar-refractivity contribution >= 4 is 39.8 Å². The molecule has 2 saturated heterocycles. The van der Waals surface area contributed by atoms with Crippen molar-refractivity contribution in [2.45, 2.75) is 45.1 Å². The topological polar surface area (TPSA) is 114 Å². The maximum atomic E-state index is 13.4. The summed E-state index contributed by atoms with van der Waals surface area (Å²) in [6, 6.07) is 11.9. The van der Waals surface area contributed by atoms with E-state index in [0.717, 1.165) is 44.7 Å². The predicted octanol–water partition coefficient (Wildman–Crippen LogP) is 3.92. The van der Waals surface area contributed by atoms with Crippen LogP contribution in [-0.4, -0.2) is 46.6 Å². The Kier molecular flexibility index (Phi) is 6.84. The number of nitro benzene ring substituents is 1. The summed E-state index contributed by atoms with van der Waals surface area (Å²) in [5.41, 5.74) is 1.90. The summed E-state index contributed by atoms with van der Waals surface area (Å²) in [6.45, 7) is 3.24. The van der Waals surface area contributed by atoms with Gasteiger partial charge in [0.25, 0.3) is 11.2 Å². The number of fused-ring (bicyclic) bond motifs is 1. The van der Waals surface area contributed by atoms with Crippen LogP contribution in [0, 0.1) is 10.1 Å². The molecule has 0 spiro atoms. The standard InChI is InChI=1S/C26H30N6O4/c33-24(27-19-7-9-20(10-8-19)29-13-3-1-2-4-14-29)18-31-23-17-21(32(35)36)11-12-22(23)28-25(26(31)34)30-15-5-6-16-30/h7-12,17H,1-6,13-16,18H2,(H,27,33). The van der Waals surface area contributed by atoms with Gasteiger partial charge in [-0.3, -0.25) is 24.3 Å². The van der Waals surface area contributed by atoms with E-state index in [1.54, 1.807) is 0 Å². The number of carbonyl (C=O) groups is 1. The van der Waals surface area contributed by atoms with Crippen LogP contribution in [-0.2, 0) is 11.3 Å². The highest BCUT2D eigenvalue weighted by Gasteiger charge is 2.22. The van der Waals surface area contributed by atoms with Crippen LogP contribution in [0.4, 0.5) is 22.9 Å². The summed E-state index contributed by atoms with van der Waals surface area (Å²) < 4.78 is 1.30. The minimum atomic E-state index is -0.519. The third-order valence-corrected chi connectivity index (χ3v) is 6.95. The number of nitrogens with one attached hydrogen (secondary N) is 1. The van der Waals surface area contributed by atoms with Gasteiger partial charge in [-0.2, -0.15) is 0 Å². The SMILES string of the molecule is O=C(Cn1c(=O)c(N2CCCC2)nc2ccc([N+](=O)[O-])cc21)Nc1ccc(N2CCCCCC2)cc1. The number of non-ortho nitro benzene ring substituents is 1. The van der Waals surface area contributed by atoms with Crippen LogP contribution >= 0.6 is 0 Å². The molecule has 0 atom stereocenters. The minimum Gasteiger partial charge on any atom is -0.372 e. The van der Waals surface area contributed by atoms with Gasteiger partial charge in [-0.1, -0.05) is 12.8 Å². The van der Waals surface area contributed by atoms with Gasteiger partial charge in [0, 0.05) is 49.7 Å². The molecule has 0 aliphatic carbocycles. The lowest BCUT2D eigenvalue weighted by atomic mass is 10.2. The monoisotopic (exact) mass is 490 g/mol. The van der Waals surface area contributed by atoms with Gasteiger partial charge in [-0.15, -0.1) is 0 Å². The first-order valence-corrected chi connectivity index (χ1v) is 12.6. The number of anilines is 3. The Balaban J connectivity index is 1.40. The molecule has 188 valence electrons. The second-order valence-electron chi connectivity index (χ2n) is 9.45. The lowest BCUT2D eigenvalue weighted by molar-refractivity contribution is -0.384. The summed E-state index contributed by atoms with van der Waals surface area (Å²) >= 11 is 0. The maximum Gasteiger partial charge on any atom is 0.294 e. The lowest BCUT2D eigenvalue weighted by Crippen LogP contribution is -2.34. The first-order chi connectivity index (χ1) is 17.5. The molecule has 2 fully saturated rings. The van der Waals surface area contributed by atoms with Crippen molar-refractivity contribution in [2.24, 2.45) is 0 Å². The molecule has 0 bridgehead atoms. The number of rotatable bonds is 6. The molecular formula is C26H30N6O4. The number of aromatic nitrogens is 2. The molecule has 2 aromatic carbocycles. The number of benzene rings is 2. The quantitative estimate of drug-likeness (QED) is 0.411. The summed E-state index contributed by atoms with van der Waals surface area (Å²) in [4.78, 5) is 46.0. The van der Waals surface area contributed by atoms with Crippen molar-refractivity contribution in [1.82, 2.24) is 9.55 Å². The molecule has 1 aromatic heterocycles. The number of nitro groups is 1. The second kappa shape index (κ2) is 10.3. The Morgan fingerprint density at radius 3 is 2.22 bits per heavy atom. The predicted molar refractivity (Wildman–Crippen MR) is 140 cm³/mol. The Morgan fingerprint density at radius 1 is 0.917 bits per heavy atom. The van der Waals surface area contributed by atoms with Crippen LogP contribution in [0.5, 0.6) is 0 Å². The van der Waals surface area contributed by atoms with Gasteiger partial charge in [-0.05, 0) is 56.0 Å². The summed E-state index contributed by atoms with van der Waals surface area (Å²) in [6.07, 6.45) is 6.82. The first kappa shape index (κ1) is 23.8. The zero-order valence-electron chi connectivity index (χ0n) is 20.2. The molecule has 2 aliphatic heterocycles. The Morgan fingerprint density at radius 2 is 1.56 bits per heavy atom. The van der Waals surface area contributed by atoms with E-state index in [1.165, 1.54) is 48.4 Å². The normalized spacial score (nSPS) is 16.2. The number of amides is 1. The number of carbonyl (C=O) groups excluding carboxylic acids is 1. The van der Waals surface area contributed by atoms with Gasteiger partial charge >= 0.3 is 0 Å². The third-order valence-electron chi connectivity index (χ3n) is 6.95. The van der Waals surface area contributed by atoms with Crippen LogP contribution in [0.1, 0.15) is 38.5 Å². The largest absolute Gasteiger partial charge is 0.372 e. The van der Waals surface area contributed by atoms with Crippen molar-refractivity contribution in [3.05, 3.63) is 62.9 Å². The minimum absolute atomic E-state index is 0.157. The number of hydrogen-bond donors (Lipinski definition) is 1. The number of hydrogen-bond acceptors (Lipinski definition) is 7. The van der Waals surface area contributed by atoms with Crippen molar-refractivity contribution in [1.29, 1.82) is 0 Å². The van der Waals surface area contributed by atoms with Crippen LogP contribution in [0.25, 0.3) is 11.0 Å². The van der Waals surface area contributed by atoms with E-state index >= 15 is 0 Å². The van der Waals surface area contributed by atoms with Gasteiger partial charge in [0.15, 0.2) is 5.82 Å². The molecule has 1 N–H and O–H groups in total. The Hall–Kier alpha value is -3.95. The van der Waals surface area contributed by atoms with E-state index in [-0.39, 0.29) is 29.5 Å². The second-order valence-corrected chi connectivity index (χ2v) is 9.45.